The van der Waals surface area contributed by atoms with Crippen molar-refractivity contribution in [2.24, 2.45) is 5.73 Å². The highest BCUT2D eigenvalue weighted by Gasteiger charge is 2.19. The van der Waals surface area contributed by atoms with Crippen molar-refractivity contribution in [1.29, 1.82) is 0 Å². The summed E-state index contributed by atoms with van der Waals surface area (Å²) in [6.07, 6.45) is 7.53. The summed E-state index contributed by atoms with van der Waals surface area (Å²) in [5.41, 5.74) is 5.51. The molecule has 1 aliphatic rings. The normalized spacial score (nSPS) is 14.6. The number of pyridine rings is 1. The molecule has 1 aromatic carbocycles. The molecule has 162 valence electrons. The molecule has 2 aromatic rings. The number of anilines is 1. The topological polar surface area (TPSA) is 106 Å². The lowest BCUT2D eigenvalue weighted by Crippen LogP contribution is -2.31. The minimum atomic E-state index is -0.543. The predicted molar refractivity (Wildman–Crippen MR) is 115 cm³/mol. The number of nitrogens with one attached hydrogen (secondary N) is 2. The number of benzene rings is 1. The number of nitrogens with zero attached hydrogens (tertiary/aromatic N) is 1. The number of amides is 2. The first kappa shape index (κ1) is 21.8. The van der Waals surface area contributed by atoms with Gasteiger partial charge in [0.2, 0.25) is 11.3 Å². The molecule has 0 saturated heterocycles. The molecule has 0 aliphatic heterocycles. The molecule has 1 fully saturated rings. The van der Waals surface area contributed by atoms with Crippen LogP contribution < -0.4 is 21.8 Å². The number of carbonyl (C=O) groups is 2. The number of rotatable bonds is 8. The summed E-state index contributed by atoms with van der Waals surface area (Å²) in [6.45, 7) is 2.65. The first-order valence-corrected chi connectivity index (χ1v) is 10.6. The highest BCUT2D eigenvalue weighted by Crippen LogP contribution is 2.26. The van der Waals surface area contributed by atoms with E-state index in [9.17, 15) is 18.8 Å². The van der Waals surface area contributed by atoms with Crippen LogP contribution in [0.1, 0.15) is 62.2 Å². The quantitative estimate of drug-likeness (QED) is 0.575. The second kappa shape index (κ2) is 9.73. The van der Waals surface area contributed by atoms with Gasteiger partial charge in [-0.3, -0.25) is 14.4 Å². The lowest BCUT2D eigenvalue weighted by molar-refractivity contribution is -0.118. The average molecular weight is 416 g/mol. The molecule has 0 unspecified atom stereocenters. The van der Waals surface area contributed by atoms with E-state index < -0.39 is 23.1 Å². The molecule has 0 bridgehead atoms. The zero-order valence-electron chi connectivity index (χ0n) is 17.3. The van der Waals surface area contributed by atoms with Gasteiger partial charge < -0.3 is 20.9 Å². The van der Waals surface area contributed by atoms with E-state index in [-0.39, 0.29) is 30.0 Å². The van der Waals surface area contributed by atoms with Crippen molar-refractivity contribution in [3.8, 4) is 0 Å². The van der Waals surface area contributed by atoms with Gasteiger partial charge in [-0.25, -0.2) is 4.39 Å². The van der Waals surface area contributed by atoms with Crippen LogP contribution in [-0.4, -0.2) is 29.0 Å². The number of hydrogen-bond donors (Lipinski definition) is 3. The van der Waals surface area contributed by atoms with Gasteiger partial charge in [-0.1, -0.05) is 19.3 Å². The third kappa shape index (κ3) is 4.98. The fraction of sp³-hybridized carbons (Fsp3) is 0.500. The maximum atomic E-state index is 14.8. The minimum absolute atomic E-state index is 0.0455. The molecule has 0 radical (unpaired) electrons. The Bertz CT molecular complexity index is 996. The van der Waals surface area contributed by atoms with Gasteiger partial charge >= 0.3 is 0 Å². The van der Waals surface area contributed by atoms with E-state index in [1.54, 1.807) is 10.6 Å². The molecule has 1 heterocycles. The zero-order valence-corrected chi connectivity index (χ0v) is 17.3. The van der Waals surface area contributed by atoms with Crippen molar-refractivity contribution in [3.63, 3.8) is 0 Å². The number of aromatic nitrogens is 1. The van der Waals surface area contributed by atoms with E-state index in [2.05, 4.69) is 10.6 Å². The maximum absolute atomic E-state index is 14.8. The van der Waals surface area contributed by atoms with Gasteiger partial charge in [0.15, 0.2) is 0 Å². The van der Waals surface area contributed by atoms with Crippen molar-refractivity contribution in [1.82, 2.24) is 9.88 Å². The fourth-order valence-corrected chi connectivity index (χ4v) is 3.97. The van der Waals surface area contributed by atoms with Crippen LogP contribution in [0.15, 0.2) is 23.1 Å². The molecule has 0 atom stereocenters. The summed E-state index contributed by atoms with van der Waals surface area (Å²) in [4.78, 5) is 36.2. The Morgan fingerprint density at radius 1 is 1.23 bits per heavy atom. The molecular weight excluding hydrogens is 387 g/mol. The molecule has 7 nitrogen and oxygen atoms in total. The number of fused-ring (bicyclic) bond motifs is 1. The number of nitrogens with two attached hydrogens (primary N) is 1. The van der Waals surface area contributed by atoms with Crippen LogP contribution in [0.25, 0.3) is 10.9 Å². The number of hydrogen-bond acceptors (Lipinski definition) is 4. The summed E-state index contributed by atoms with van der Waals surface area (Å²) in [6, 6.07) is 3.12. The van der Waals surface area contributed by atoms with Gasteiger partial charge in [-0.15, -0.1) is 0 Å². The Morgan fingerprint density at radius 2 is 1.97 bits per heavy atom. The molecular formula is C22H29FN4O3. The molecule has 1 saturated carbocycles. The van der Waals surface area contributed by atoms with Crippen molar-refractivity contribution in [2.75, 3.05) is 11.9 Å². The molecule has 3 rings (SSSR count). The summed E-state index contributed by atoms with van der Waals surface area (Å²) in [5, 5.41) is 6.09. The fourth-order valence-electron chi connectivity index (χ4n) is 3.97. The summed E-state index contributed by atoms with van der Waals surface area (Å²) in [5.74, 6) is -1.48. The van der Waals surface area contributed by atoms with Gasteiger partial charge in [0, 0.05) is 37.1 Å². The average Bonchev–Trinajstić information content (AvgIpc) is 2.73. The standard InChI is InChI=1S/C22H29FN4O3/c1-2-27-13-16(22(30)25-10-6-9-20(24)28)21(29)15-11-17(23)18(12-19(15)27)26-14-7-4-3-5-8-14/h11-14,26H,2-10H2,1H3,(H2,24,28)(H,25,30). The number of primary amides is 1. The van der Waals surface area contributed by atoms with E-state index in [4.69, 9.17) is 5.73 Å². The van der Waals surface area contributed by atoms with Gasteiger partial charge in [0.1, 0.15) is 11.4 Å². The third-order valence-electron chi connectivity index (χ3n) is 5.60. The highest BCUT2D eigenvalue weighted by atomic mass is 19.1. The van der Waals surface area contributed by atoms with Crippen LogP contribution in [-0.2, 0) is 11.3 Å². The Labute approximate surface area is 174 Å². The molecule has 1 aliphatic carbocycles. The van der Waals surface area contributed by atoms with Crippen molar-refractivity contribution >= 4 is 28.4 Å². The van der Waals surface area contributed by atoms with Crippen molar-refractivity contribution < 1.29 is 14.0 Å². The summed E-state index contributed by atoms with van der Waals surface area (Å²) >= 11 is 0. The Kier molecular flexibility index (Phi) is 7.07. The van der Waals surface area contributed by atoms with E-state index >= 15 is 0 Å². The number of halogens is 1. The van der Waals surface area contributed by atoms with Crippen LogP contribution >= 0.6 is 0 Å². The van der Waals surface area contributed by atoms with Crippen LogP contribution in [0.5, 0.6) is 0 Å². The molecule has 1 aromatic heterocycles. The van der Waals surface area contributed by atoms with Crippen LogP contribution in [0.4, 0.5) is 10.1 Å². The summed E-state index contributed by atoms with van der Waals surface area (Å²) in [7, 11) is 0. The van der Waals surface area contributed by atoms with Gasteiger partial charge in [0.05, 0.1) is 11.2 Å². The smallest absolute Gasteiger partial charge is 0.256 e. The minimum Gasteiger partial charge on any atom is -0.380 e. The molecule has 8 heteroatoms. The second-order valence-electron chi connectivity index (χ2n) is 7.81. The Balaban J connectivity index is 1.89. The van der Waals surface area contributed by atoms with E-state index in [0.29, 0.717) is 24.2 Å². The van der Waals surface area contributed by atoms with E-state index in [1.807, 2.05) is 6.92 Å². The van der Waals surface area contributed by atoms with Crippen LogP contribution in [0, 0.1) is 5.82 Å². The lowest BCUT2D eigenvalue weighted by atomic mass is 9.95. The first-order chi connectivity index (χ1) is 14.4. The van der Waals surface area contributed by atoms with Crippen LogP contribution in [0.3, 0.4) is 0 Å². The predicted octanol–water partition coefficient (Wildman–Crippen LogP) is 2.90. The zero-order chi connectivity index (χ0) is 21.7. The second-order valence-corrected chi connectivity index (χ2v) is 7.81. The monoisotopic (exact) mass is 416 g/mol. The third-order valence-corrected chi connectivity index (χ3v) is 5.60. The van der Waals surface area contributed by atoms with Crippen molar-refractivity contribution in [2.45, 2.75) is 64.5 Å². The molecule has 4 N–H and O–H groups in total. The summed E-state index contributed by atoms with van der Waals surface area (Å²) < 4.78 is 16.6. The van der Waals surface area contributed by atoms with E-state index in [1.165, 1.54) is 18.7 Å². The van der Waals surface area contributed by atoms with E-state index in [0.717, 1.165) is 25.7 Å². The first-order valence-electron chi connectivity index (χ1n) is 10.6. The van der Waals surface area contributed by atoms with Gasteiger partial charge in [0.25, 0.3) is 5.91 Å². The van der Waals surface area contributed by atoms with Gasteiger partial charge in [-0.05, 0) is 38.3 Å². The van der Waals surface area contributed by atoms with Gasteiger partial charge in [-0.2, -0.15) is 0 Å². The van der Waals surface area contributed by atoms with Crippen molar-refractivity contribution in [3.05, 3.63) is 39.9 Å². The maximum Gasteiger partial charge on any atom is 0.256 e. The molecule has 2 amide bonds. The molecule has 0 spiro atoms. The van der Waals surface area contributed by atoms with Crippen LogP contribution in [0.2, 0.25) is 0 Å². The number of carbonyl (C=O) groups excluding carboxylic acids is 2. The number of aryl methyl sites for hydroxylation is 1. The Morgan fingerprint density at radius 3 is 2.63 bits per heavy atom. The highest BCUT2D eigenvalue weighted by molar-refractivity contribution is 5.97. The largest absolute Gasteiger partial charge is 0.380 e. The Hall–Kier alpha value is -2.90. The lowest BCUT2D eigenvalue weighted by Gasteiger charge is -2.24. The molecule has 30 heavy (non-hydrogen) atoms. The SMILES string of the molecule is CCn1cc(C(=O)NCCCC(N)=O)c(=O)c2cc(F)c(NC3CCCCC3)cc21.